The second kappa shape index (κ2) is 8.98. The summed E-state index contributed by atoms with van der Waals surface area (Å²) in [4.78, 5) is 11.0. The third-order valence-electron chi connectivity index (χ3n) is 3.39. The summed E-state index contributed by atoms with van der Waals surface area (Å²) >= 11 is 0. The van der Waals surface area contributed by atoms with E-state index in [2.05, 4.69) is 10.1 Å². The minimum absolute atomic E-state index is 0.00568. The number of hydrogen-bond donors (Lipinski definition) is 2. The van der Waals surface area contributed by atoms with Crippen molar-refractivity contribution < 1.29 is 28.2 Å². The van der Waals surface area contributed by atoms with Gasteiger partial charge in [-0.05, 0) is 30.7 Å². The number of carboxylic acid groups (broad SMARTS) is 1. The summed E-state index contributed by atoms with van der Waals surface area (Å²) in [6.07, 6.45) is 0. The predicted octanol–water partition coefficient (Wildman–Crippen LogP) is 3.67. The van der Waals surface area contributed by atoms with Crippen molar-refractivity contribution in [3.05, 3.63) is 59.2 Å². The number of para-hydroxylation sites is 1. The van der Waals surface area contributed by atoms with Crippen molar-refractivity contribution in [2.45, 2.75) is 26.6 Å². The molecule has 0 atom stereocenters. The number of aromatic carboxylic acids is 1. The number of carboxylic acids is 1. The summed E-state index contributed by atoms with van der Waals surface area (Å²) in [5, 5.41) is 12.1. The van der Waals surface area contributed by atoms with E-state index in [-0.39, 0.29) is 23.6 Å². The SMILES string of the molecule is CCOc1cccc(CNCc2cccc(C(=O)O)c2)c1OC(F)F. The van der Waals surface area contributed by atoms with Gasteiger partial charge in [0.1, 0.15) is 0 Å². The van der Waals surface area contributed by atoms with Gasteiger partial charge in [0.2, 0.25) is 0 Å². The summed E-state index contributed by atoms with van der Waals surface area (Å²) in [5.74, 6) is -0.736. The fourth-order valence-corrected chi connectivity index (χ4v) is 2.35. The smallest absolute Gasteiger partial charge is 0.387 e. The van der Waals surface area contributed by atoms with Gasteiger partial charge in [0, 0.05) is 18.7 Å². The molecule has 25 heavy (non-hydrogen) atoms. The Morgan fingerprint density at radius 1 is 1.20 bits per heavy atom. The number of benzene rings is 2. The van der Waals surface area contributed by atoms with Crippen LogP contribution in [0.15, 0.2) is 42.5 Å². The lowest BCUT2D eigenvalue weighted by Crippen LogP contribution is -2.15. The van der Waals surface area contributed by atoms with Crippen LogP contribution in [0.4, 0.5) is 8.78 Å². The van der Waals surface area contributed by atoms with Gasteiger partial charge in [0.05, 0.1) is 12.2 Å². The average Bonchev–Trinajstić information content (AvgIpc) is 2.57. The van der Waals surface area contributed by atoms with Crippen LogP contribution in [0.3, 0.4) is 0 Å². The lowest BCUT2D eigenvalue weighted by molar-refractivity contribution is -0.0521. The number of alkyl halides is 2. The highest BCUT2D eigenvalue weighted by Gasteiger charge is 2.15. The number of carbonyl (C=O) groups is 1. The molecular formula is C18H19F2NO4. The Morgan fingerprint density at radius 3 is 2.64 bits per heavy atom. The van der Waals surface area contributed by atoms with Crippen LogP contribution in [0.5, 0.6) is 11.5 Å². The van der Waals surface area contributed by atoms with Gasteiger partial charge < -0.3 is 19.9 Å². The third kappa shape index (κ3) is 5.42. The molecule has 0 saturated carbocycles. The molecule has 0 saturated heterocycles. The minimum Gasteiger partial charge on any atom is -0.490 e. The molecule has 0 aliphatic carbocycles. The van der Waals surface area contributed by atoms with Crippen molar-refractivity contribution in [3.63, 3.8) is 0 Å². The molecule has 2 rings (SSSR count). The monoisotopic (exact) mass is 351 g/mol. The lowest BCUT2D eigenvalue weighted by atomic mass is 10.1. The quantitative estimate of drug-likeness (QED) is 0.721. The molecule has 2 aromatic carbocycles. The number of ether oxygens (including phenoxy) is 2. The van der Waals surface area contributed by atoms with Crippen molar-refractivity contribution >= 4 is 5.97 Å². The van der Waals surface area contributed by atoms with E-state index in [0.29, 0.717) is 18.7 Å². The van der Waals surface area contributed by atoms with E-state index < -0.39 is 12.6 Å². The molecule has 0 aliphatic rings. The molecule has 134 valence electrons. The molecule has 0 unspecified atom stereocenters. The summed E-state index contributed by atoms with van der Waals surface area (Å²) in [5.41, 5.74) is 1.50. The Bertz CT molecular complexity index is 722. The maximum atomic E-state index is 12.7. The first-order valence-electron chi connectivity index (χ1n) is 7.73. The van der Waals surface area contributed by atoms with Crippen LogP contribution in [0, 0.1) is 0 Å². The summed E-state index contributed by atoms with van der Waals surface area (Å²) < 4.78 is 35.3. The van der Waals surface area contributed by atoms with Crippen LogP contribution < -0.4 is 14.8 Å². The Labute approximate surface area is 144 Å². The van der Waals surface area contributed by atoms with Crippen molar-refractivity contribution in [2.24, 2.45) is 0 Å². The van der Waals surface area contributed by atoms with E-state index in [0.717, 1.165) is 5.56 Å². The van der Waals surface area contributed by atoms with Gasteiger partial charge in [-0.3, -0.25) is 0 Å². The van der Waals surface area contributed by atoms with Gasteiger partial charge >= 0.3 is 12.6 Å². The summed E-state index contributed by atoms with van der Waals surface area (Å²) in [6, 6.07) is 11.4. The zero-order chi connectivity index (χ0) is 18.2. The molecule has 0 amide bonds. The first kappa shape index (κ1) is 18.7. The van der Waals surface area contributed by atoms with E-state index in [4.69, 9.17) is 9.84 Å². The van der Waals surface area contributed by atoms with Gasteiger partial charge in [0.15, 0.2) is 11.5 Å². The average molecular weight is 351 g/mol. The standard InChI is InChI=1S/C18H19F2NO4/c1-2-24-15-8-4-7-14(16(15)25-18(19)20)11-21-10-12-5-3-6-13(9-12)17(22)23/h3-9,18,21H,2,10-11H2,1H3,(H,22,23). The molecule has 0 spiro atoms. The van der Waals surface area contributed by atoms with E-state index in [1.807, 2.05) is 0 Å². The first-order chi connectivity index (χ1) is 12.0. The Morgan fingerprint density at radius 2 is 1.96 bits per heavy atom. The molecule has 2 aromatic rings. The molecule has 0 fully saturated rings. The highest BCUT2D eigenvalue weighted by molar-refractivity contribution is 5.87. The minimum atomic E-state index is -2.95. The summed E-state index contributed by atoms with van der Waals surface area (Å²) in [7, 11) is 0. The first-order valence-corrected chi connectivity index (χ1v) is 7.73. The van der Waals surface area contributed by atoms with Gasteiger partial charge in [-0.25, -0.2) is 4.79 Å². The van der Waals surface area contributed by atoms with Crippen LogP contribution in [-0.2, 0) is 13.1 Å². The van der Waals surface area contributed by atoms with Crippen molar-refractivity contribution in [1.82, 2.24) is 5.32 Å². The molecule has 0 heterocycles. The highest BCUT2D eigenvalue weighted by Crippen LogP contribution is 2.32. The van der Waals surface area contributed by atoms with Crippen molar-refractivity contribution in [3.8, 4) is 11.5 Å². The lowest BCUT2D eigenvalue weighted by Gasteiger charge is -2.16. The van der Waals surface area contributed by atoms with Crippen LogP contribution in [-0.4, -0.2) is 24.3 Å². The largest absolute Gasteiger partial charge is 0.490 e. The maximum absolute atomic E-state index is 12.7. The molecule has 0 aliphatic heterocycles. The van der Waals surface area contributed by atoms with Gasteiger partial charge in [-0.2, -0.15) is 8.78 Å². The van der Waals surface area contributed by atoms with E-state index >= 15 is 0 Å². The maximum Gasteiger partial charge on any atom is 0.387 e. The molecule has 2 N–H and O–H groups in total. The van der Waals surface area contributed by atoms with Crippen LogP contribution in [0.2, 0.25) is 0 Å². The molecule has 0 bridgehead atoms. The van der Waals surface area contributed by atoms with Gasteiger partial charge in [-0.15, -0.1) is 0 Å². The zero-order valence-electron chi connectivity index (χ0n) is 13.7. The fourth-order valence-electron chi connectivity index (χ4n) is 2.35. The molecular weight excluding hydrogens is 332 g/mol. The number of rotatable bonds is 9. The zero-order valence-corrected chi connectivity index (χ0v) is 13.7. The molecule has 0 aromatic heterocycles. The van der Waals surface area contributed by atoms with E-state index in [1.54, 1.807) is 43.3 Å². The molecule has 7 heteroatoms. The number of nitrogens with one attached hydrogen (secondary N) is 1. The predicted molar refractivity (Wildman–Crippen MR) is 88.2 cm³/mol. The van der Waals surface area contributed by atoms with Crippen LogP contribution in [0.1, 0.15) is 28.4 Å². The van der Waals surface area contributed by atoms with Gasteiger partial charge in [-0.1, -0.05) is 24.3 Å². The second-order valence-corrected chi connectivity index (χ2v) is 5.16. The van der Waals surface area contributed by atoms with Crippen LogP contribution in [0.25, 0.3) is 0 Å². The fraction of sp³-hybridized carbons (Fsp3) is 0.278. The second-order valence-electron chi connectivity index (χ2n) is 5.16. The Hall–Kier alpha value is -2.67. The third-order valence-corrected chi connectivity index (χ3v) is 3.39. The molecule has 5 nitrogen and oxygen atoms in total. The Balaban J connectivity index is 2.08. The topological polar surface area (TPSA) is 67.8 Å². The summed E-state index contributed by atoms with van der Waals surface area (Å²) in [6.45, 7) is -0.216. The highest BCUT2D eigenvalue weighted by atomic mass is 19.3. The van der Waals surface area contributed by atoms with Crippen molar-refractivity contribution in [2.75, 3.05) is 6.61 Å². The normalized spacial score (nSPS) is 10.7. The Kier molecular flexibility index (Phi) is 6.71. The van der Waals surface area contributed by atoms with Crippen molar-refractivity contribution in [1.29, 1.82) is 0 Å². The van der Waals surface area contributed by atoms with E-state index in [1.165, 1.54) is 6.07 Å². The molecule has 0 radical (unpaired) electrons. The van der Waals surface area contributed by atoms with Gasteiger partial charge in [0.25, 0.3) is 0 Å². The number of hydrogen-bond acceptors (Lipinski definition) is 4. The van der Waals surface area contributed by atoms with E-state index in [9.17, 15) is 13.6 Å². The number of halogens is 2. The van der Waals surface area contributed by atoms with Crippen LogP contribution >= 0.6 is 0 Å².